The van der Waals surface area contributed by atoms with Crippen molar-refractivity contribution in [3.8, 4) is 0 Å². The van der Waals surface area contributed by atoms with Crippen molar-refractivity contribution in [1.82, 2.24) is 4.98 Å². The van der Waals surface area contributed by atoms with Crippen LogP contribution in [0.5, 0.6) is 0 Å². The molecule has 0 fully saturated rings. The molecule has 0 bridgehead atoms. The standard InChI is InChI=1S/C13H10Cl3N3O/c1-6-2-10(12(16)18-5-6)19-13(20)8-3-7(17)4-9(14)11(8)15/h2-5H,17H2,1H3,(H,19,20). The summed E-state index contributed by atoms with van der Waals surface area (Å²) in [6, 6.07) is 4.62. The van der Waals surface area contributed by atoms with Gasteiger partial charge in [-0.25, -0.2) is 4.98 Å². The maximum absolute atomic E-state index is 12.2. The van der Waals surface area contributed by atoms with Gasteiger partial charge >= 0.3 is 0 Å². The van der Waals surface area contributed by atoms with Crippen LogP contribution in [0, 0.1) is 6.92 Å². The summed E-state index contributed by atoms with van der Waals surface area (Å²) < 4.78 is 0. The molecule has 0 aliphatic carbocycles. The van der Waals surface area contributed by atoms with Gasteiger partial charge in [0.15, 0.2) is 5.15 Å². The summed E-state index contributed by atoms with van der Waals surface area (Å²) in [7, 11) is 0. The Bertz CT molecular complexity index is 689. The Labute approximate surface area is 130 Å². The fourth-order valence-corrected chi connectivity index (χ4v) is 2.18. The van der Waals surface area contributed by atoms with Crippen LogP contribution in [-0.4, -0.2) is 10.9 Å². The van der Waals surface area contributed by atoms with Gasteiger partial charge in [-0.2, -0.15) is 0 Å². The first kappa shape index (κ1) is 14.9. The Balaban J connectivity index is 2.35. The van der Waals surface area contributed by atoms with Gasteiger partial charge in [-0.05, 0) is 30.7 Å². The molecule has 0 aliphatic heterocycles. The predicted octanol–water partition coefficient (Wildman–Crippen LogP) is 4.18. The Kier molecular flexibility index (Phi) is 4.38. The van der Waals surface area contributed by atoms with Crippen LogP contribution >= 0.6 is 34.8 Å². The number of rotatable bonds is 2. The molecule has 3 N–H and O–H groups in total. The highest BCUT2D eigenvalue weighted by Gasteiger charge is 2.16. The second-order valence-corrected chi connectivity index (χ2v) is 5.31. The van der Waals surface area contributed by atoms with E-state index in [4.69, 9.17) is 40.5 Å². The van der Waals surface area contributed by atoms with Gasteiger partial charge in [0.05, 0.1) is 21.3 Å². The van der Waals surface area contributed by atoms with Gasteiger partial charge in [0.2, 0.25) is 0 Å². The first-order valence-electron chi connectivity index (χ1n) is 5.56. The van der Waals surface area contributed by atoms with E-state index < -0.39 is 5.91 Å². The van der Waals surface area contributed by atoms with Crippen molar-refractivity contribution in [3.63, 3.8) is 0 Å². The summed E-state index contributed by atoms with van der Waals surface area (Å²) in [5.41, 5.74) is 7.43. The van der Waals surface area contributed by atoms with Crippen LogP contribution in [0.15, 0.2) is 24.4 Å². The Morgan fingerprint density at radius 2 is 1.95 bits per heavy atom. The third-order valence-corrected chi connectivity index (χ3v) is 3.62. The van der Waals surface area contributed by atoms with Crippen molar-refractivity contribution < 1.29 is 4.79 Å². The second-order valence-electron chi connectivity index (χ2n) is 4.17. The van der Waals surface area contributed by atoms with Crippen LogP contribution in [0.1, 0.15) is 15.9 Å². The molecule has 1 aromatic heterocycles. The number of aryl methyl sites for hydroxylation is 1. The van der Waals surface area contributed by atoms with Crippen LogP contribution in [0.25, 0.3) is 0 Å². The highest BCUT2D eigenvalue weighted by Crippen LogP contribution is 2.30. The number of nitrogen functional groups attached to an aromatic ring is 1. The predicted molar refractivity (Wildman–Crippen MR) is 82.8 cm³/mol. The first-order chi connectivity index (χ1) is 9.38. The zero-order valence-corrected chi connectivity index (χ0v) is 12.6. The van der Waals surface area contributed by atoms with E-state index in [2.05, 4.69) is 10.3 Å². The van der Waals surface area contributed by atoms with Crippen LogP contribution in [-0.2, 0) is 0 Å². The number of aromatic nitrogens is 1. The quantitative estimate of drug-likeness (QED) is 0.641. The Hall–Kier alpha value is -1.49. The van der Waals surface area contributed by atoms with Gasteiger partial charge in [-0.1, -0.05) is 34.8 Å². The van der Waals surface area contributed by atoms with Crippen molar-refractivity contribution in [2.24, 2.45) is 0 Å². The number of halogens is 3. The van der Waals surface area contributed by atoms with Gasteiger partial charge in [-0.3, -0.25) is 4.79 Å². The number of pyridine rings is 1. The molecule has 20 heavy (non-hydrogen) atoms. The summed E-state index contributed by atoms with van der Waals surface area (Å²) in [6.07, 6.45) is 1.60. The van der Waals surface area contributed by atoms with Crippen LogP contribution in [0.3, 0.4) is 0 Å². The van der Waals surface area contributed by atoms with Crippen LogP contribution in [0.2, 0.25) is 15.2 Å². The number of nitrogens with one attached hydrogen (secondary N) is 1. The number of hydrogen-bond donors (Lipinski definition) is 2. The lowest BCUT2D eigenvalue weighted by Gasteiger charge is -2.10. The fraction of sp³-hybridized carbons (Fsp3) is 0.0769. The molecule has 0 atom stereocenters. The maximum Gasteiger partial charge on any atom is 0.257 e. The van der Waals surface area contributed by atoms with Gasteiger partial charge in [0.25, 0.3) is 5.91 Å². The zero-order chi connectivity index (χ0) is 14.9. The number of nitrogens with zero attached hydrogens (tertiary/aromatic N) is 1. The number of hydrogen-bond acceptors (Lipinski definition) is 3. The summed E-state index contributed by atoms with van der Waals surface area (Å²) in [5.74, 6) is -0.460. The molecule has 4 nitrogen and oxygen atoms in total. The second kappa shape index (κ2) is 5.87. The van der Waals surface area contributed by atoms with Crippen molar-refractivity contribution in [3.05, 3.63) is 50.7 Å². The molecular weight excluding hydrogens is 321 g/mol. The molecule has 0 spiro atoms. The number of amides is 1. The largest absolute Gasteiger partial charge is 0.399 e. The summed E-state index contributed by atoms with van der Waals surface area (Å²) in [5, 5.41) is 3.17. The van der Waals surface area contributed by atoms with E-state index in [1.54, 1.807) is 12.3 Å². The highest BCUT2D eigenvalue weighted by molar-refractivity contribution is 6.44. The number of carbonyl (C=O) groups is 1. The Morgan fingerprint density at radius 3 is 2.65 bits per heavy atom. The zero-order valence-electron chi connectivity index (χ0n) is 10.4. The van der Waals surface area contributed by atoms with Gasteiger partial charge < -0.3 is 11.1 Å². The average molecular weight is 331 g/mol. The van der Waals surface area contributed by atoms with E-state index >= 15 is 0 Å². The monoisotopic (exact) mass is 329 g/mol. The van der Waals surface area contributed by atoms with E-state index in [1.165, 1.54) is 12.1 Å². The van der Waals surface area contributed by atoms with Gasteiger partial charge in [-0.15, -0.1) is 0 Å². The fourth-order valence-electron chi connectivity index (χ4n) is 1.61. The van der Waals surface area contributed by atoms with Gasteiger partial charge in [0.1, 0.15) is 0 Å². The molecule has 0 radical (unpaired) electrons. The molecular formula is C13H10Cl3N3O. The van der Waals surface area contributed by atoms with Gasteiger partial charge in [0, 0.05) is 11.9 Å². The SMILES string of the molecule is Cc1cnc(Cl)c(NC(=O)c2cc(N)cc(Cl)c2Cl)c1. The molecule has 7 heteroatoms. The van der Waals surface area contributed by atoms with Crippen molar-refractivity contribution in [1.29, 1.82) is 0 Å². The lowest BCUT2D eigenvalue weighted by atomic mass is 10.2. The molecule has 0 aliphatic rings. The lowest BCUT2D eigenvalue weighted by Crippen LogP contribution is -2.14. The van der Waals surface area contributed by atoms with Crippen molar-refractivity contribution >= 4 is 52.1 Å². The highest BCUT2D eigenvalue weighted by atomic mass is 35.5. The smallest absolute Gasteiger partial charge is 0.257 e. The topological polar surface area (TPSA) is 68.0 Å². The number of benzene rings is 1. The average Bonchev–Trinajstić information content (AvgIpc) is 2.38. The van der Waals surface area contributed by atoms with Crippen molar-refractivity contribution in [2.75, 3.05) is 11.1 Å². The summed E-state index contributed by atoms with van der Waals surface area (Å²) >= 11 is 17.8. The van der Waals surface area contributed by atoms with E-state index in [1.807, 2.05) is 6.92 Å². The molecule has 1 amide bonds. The van der Waals surface area contributed by atoms with E-state index in [0.717, 1.165) is 5.56 Å². The maximum atomic E-state index is 12.2. The molecule has 1 aromatic carbocycles. The van der Waals surface area contributed by atoms with Crippen LogP contribution in [0.4, 0.5) is 11.4 Å². The summed E-state index contributed by atoms with van der Waals surface area (Å²) in [4.78, 5) is 16.2. The van der Waals surface area contributed by atoms with Crippen molar-refractivity contribution in [2.45, 2.75) is 6.92 Å². The third kappa shape index (κ3) is 3.15. The Morgan fingerprint density at radius 1 is 1.25 bits per heavy atom. The molecule has 0 saturated heterocycles. The number of carbonyl (C=O) groups excluding carboxylic acids is 1. The molecule has 2 rings (SSSR count). The number of anilines is 2. The molecule has 2 aromatic rings. The number of nitrogens with two attached hydrogens (primary N) is 1. The molecule has 104 valence electrons. The minimum Gasteiger partial charge on any atom is -0.399 e. The van der Waals surface area contributed by atoms with E-state index in [9.17, 15) is 4.79 Å². The normalized spacial score (nSPS) is 10.4. The minimum absolute atomic E-state index is 0.134. The molecule has 0 saturated carbocycles. The first-order valence-corrected chi connectivity index (χ1v) is 6.70. The van der Waals surface area contributed by atoms with E-state index in [-0.39, 0.29) is 20.8 Å². The minimum atomic E-state index is -0.460. The summed E-state index contributed by atoms with van der Waals surface area (Å²) in [6.45, 7) is 1.84. The van der Waals surface area contributed by atoms with E-state index in [0.29, 0.717) is 11.4 Å². The lowest BCUT2D eigenvalue weighted by molar-refractivity contribution is 0.102. The van der Waals surface area contributed by atoms with Crippen LogP contribution < -0.4 is 11.1 Å². The third-order valence-electron chi connectivity index (χ3n) is 2.52. The molecule has 0 unspecified atom stereocenters. The molecule has 1 heterocycles.